The van der Waals surface area contributed by atoms with Gasteiger partial charge in [-0.2, -0.15) is 0 Å². The maximum absolute atomic E-state index is 8.89. The van der Waals surface area contributed by atoms with Gasteiger partial charge in [0.2, 0.25) is 0 Å². The summed E-state index contributed by atoms with van der Waals surface area (Å²) in [4.78, 5) is 9.76. The molecule has 0 aliphatic rings. The summed E-state index contributed by atoms with van der Waals surface area (Å²) >= 11 is 0. The molecule has 0 aliphatic carbocycles. The number of hydrogen-bond donors (Lipinski definition) is 0. The Bertz CT molecular complexity index is 3000. The van der Waals surface area contributed by atoms with Gasteiger partial charge in [0.15, 0.2) is 0 Å². The van der Waals surface area contributed by atoms with Crippen LogP contribution in [0, 0.1) is 17.5 Å². The van der Waals surface area contributed by atoms with Gasteiger partial charge < -0.3 is 14.0 Å². The van der Waals surface area contributed by atoms with Crippen LogP contribution < -0.4 is 5.19 Å². The van der Waals surface area contributed by atoms with Gasteiger partial charge in [-0.05, 0) is 69.2 Å². The van der Waals surface area contributed by atoms with Crippen molar-refractivity contribution in [2.75, 3.05) is 0 Å². The van der Waals surface area contributed by atoms with E-state index in [2.05, 4.69) is 142 Å². The van der Waals surface area contributed by atoms with Crippen LogP contribution in [0.2, 0.25) is 19.6 Å². The summed E-state index contributed by atoms with van der Waals surface area (Å²) in [6, 6.07) is 50.2. The first-order valence-corrected chi connectivity index (χ1v) is 23.2. The van der Waals surface area contributed by atoms with Crippen LogP contribution in [0.15, 0.2) is 138 Å². The number of aromatic nitrogens is 3. The molecule has 0 amide bonds. The van der Waals surface area contributed by atoms with Gasteiger partial charge in [0, 0.05) is 40.1 Å². The SMILES string of the molecule is [2H]C([2H])(c1cc(-c2[c-]ccc(C(C)(C)C)c2)ncc1[Si](C)(C)C)C(C)(C)C.[Ir].[c-]1ccc2c(oc3ccccc32)c1-c1nc2ccccc2n1-c1ccc2ccccc2c1. The van der Waals surface area contributed by atoms with Gasteiger partial charge in [0.25, 0.3) is 0 Å². The van der Waals surface area contributed by atoms with E-state index in [0.29, 0.717) is 0 Å². The fourth-order valence-electron chi connectivity index (χ4n) is 7.42. The summed E-state index contributed by atoms with van der Waals surface area (Å²) < 4.78 is 26.3. The Hall–Kier alpha value is -5.13. The molecule has 1 radical (unpaired) electrons. The van der Waals surface area contributed by atoms with E-state index in [4.69, 9.17) is 17.1 Å². The monoisotopic (exact) mass is 956 g/mol. The minimum atomic E-state index is -1.74. The molecule has 58 heavy (non-hydrogen) atoms. The molecule has 0 aliphatic heterocycles. The van der Waals surface area contributed by atoms with Crippen LogP contribution in [0.1, 0.15) is 55.4 Å². The number of para-hydroxylation sites is 3. The summed E-state index contributed by atoms with van der Waals surface area (Å²) in [5.74, 6) is 0.825. The molecule has 0 atom stereocenters. The first-order valence-electron chi connectivity index (χ1n) is 20.7. The first-order chi connectivity index (χ1) is 27.9. The minimum absolute atomic E-state index is 0. The summed E-state index contributed by atoms with van der Waals surface area (Å²) in [6.45, 7) is 19.2. The summed E-state index contributed by atoms with van der Waals surface area (Å²) in [6.07, 6.45) is 0.472. The first kappa shape index (κ1) is 38.4. The molecule has 4 nitrogen and oxygen atoms in total. The van der Waals surface area contributed by atoms with Crippen LogP contribution in [0.25, 0.3) is 72.1 Å². The van der Waals surface area contributed by atoms with Gasteiger partial charge in [-0.3, -0.25) is 4.98 Å². The van der Waals surface area contributed by atoms with E-state index in [9.17, 15) is 0 Å². The molecule has 0 unspecified atom stereocenters. The van der Waals surface area contributed by atoms with Crippen LogP contribution in [0.5, 0.6) is 0 Å². The standard InChI is InChI=1S/C29H17N2O.C23H34NSi.Ir/c1-2-9-20-18-21(17-16-19(20)8-1)31-26-14-5-4-13-25(26)30-29(31)24-12-7-11-23-22-10-3-6-15-27(22)32-28(23)24;1-22(2,3)15-18-14-20(24-16-21(18)25(7,8)9)17-11-10-12-19(13-17)23(4,5)6;/h1-11,13-18H;10,12-14,16H,15H2,1-9H3;/q2*-1;/i;15D2;. The number of imidazole rings is 1. The maximum Gasteiger partial charge on any atom is 0.120 e. The number of pyridine rings is 1. The van der Waals surface area contributed by atoms with Crippen molar-refractivity contribution in [2.24, 2.45) is 5.41 Å². The topological polar surface area (TPSA) is 43.9 Å². The molecule has 295 valence electrons. The van der Waals surface area contributed by atoms with Gasteiger partial charge in [-0.25, -0.2) is 0 Å². The number of benzene rings is 6. The number of hydrogen-bond acceptors (Lipinski definition) is 3. The number of nitrogens with zero attached hydrogens (tertiary/aromatic N) is 3. The van der Waals surface area contributed by atoms with Crippen molar-refractivity contribution in [3.63, 3.8) is 0 Å². The molecule has 0 spiro atoms. The van der Waals surface area contributed by atoms with Crippen molar-refractivity contribution in [3.05, 3.63) is 157 Å². The van der Waals surface area contributed by atoms with Crippen molar-refractivity contribution >= 4 is 57.0 Å². The second-order valence-corrected chi connectivity index (χ2v) is 23.0. The molecule has 3 aromatic heterocycles. The summed E-state index contributed by atoms with van der Waals surface area (Å²) in [7, 11) is -1.74. The smallest absolute Gasteiger partial charge is 0.120 e. The van der Waals surface area contributed by atoms with Gasteiger partial charge in [0.1, 0.15) is 5.58 Å². The van der Waals surface area contributed by atoms with E-state index >= 15 is 0 Å². The molecule has 0 N–H and O–H groups in total. The van der Waals surface area contributed by atoms with E-state index in [1.54, 1.807) is 0 Å². The van der Waals surface area contributed by atoms with E-state index in [1.807, 2.05) is 69.4 Å². The average Bonchev–Trinajstić information content (AvgIpc) is 3.79. The third kappa shape index (κ3) is 8.38. The molecule has 9 aromatic rings. The zero-order valence-corrected chi connectivity index (χ0v) is 38.2. The van der Waals surface area contributed by atoms with Crippen LogP contribution >= 0.6 is 0 Å². The van der Waals surface area contributed by atoms with Gasteiger partial charge >= 0.3 is 0 Å². The Kier molecular flexibility index (Phi) is 10.5. The average molecular weight is 956 g/mol. The Labute approximate surface area is 360 Å². The molecule has 3 heterocycles. The second kappa shape index (κ2) is 15.9. The normalized spacial score (nSPS) is 12.9. The van der Waals surface area contributed by atoms with Crippen LogP contribution in [-0.2, 0) is 31.9 Å². The fraction of sp³-hybridized carbons (Fsp3) is 0.231. The number of fused-ring (bicyclic) bond motifs is 5. The largest absolute Gasteiger partial charge is 0.501 e. The Morgan fingerprint density at radius 1 is 0.741 bits per heavy atom. The molecule has 0 bridgehead atoms. The van der Waals surface area contributed by atoms with Crippen LogP contribution in [0.4, 0.5) is 0 Å². The predicted molar refractivity (Wildman–Crippen MR) is 243 cm³/mol. The minimum Gasteiger partial charge on any atom is -0.501 e. The molecule has 0 saturated carbocycles. The van der Waals surface area contributed by atoms with Crippen molar-refractivity contribution < 1.29 is 27.3 Å². The molecular formula is C52H51IrN3OSi-2. The Balaban J connectivity index is 0.000000182. The zero-order valence-electron chi connectivity index (χ0n) is 36.8. The quantitative estimate of drug-likeness (QED) is 0.128. The maximum atomic E-state index is 8.89. The van der Waals surface area contributed by atoms with Gasteiger partial charge in [-0.15, -0.1) is 53.6 Å². The van der Waals surface area contributed by atoms with Crippen molar-refractivity contribution in [1.29, 1.82) is 0 Å². The van der Waals surface area contributed by atoms with Crippen LogP contribution in [-0.4, -0.2) is 22.6 Å². The van der Waals surface area contributed by atoms with E-state index in [0.717, 1.165) is 72.1 Å². The molecule has 0 fully saturated rings. The summed E-state index contributed by atoms with van der Waals surface area (Å²) in [5.41, 5.74) is 8.89. The van der Waals surface area contributed by atoms with Gasteiger partial charge in [-0.1, -0.05) is 144 Å². The molecule has 0 saturated heterocycles. The predicted octanol–water partition coefficient (Wildman–Crippen LogP) is 13.5. The number of furan rings is 1. The molecule has 9 rings (SSSR count). The zero-order chi connectivity index (χ0) is 41.9. The van der Waals surface area contributed by atoms with Crippen molar-refractivity contribution in [2.45, 2.75) is 73.0 Å². The fourth-order valence-corrected chi connectivity index (χ4v) is 8.81. The molecule has 6 aromatic carbocycles. The number of rotatable bonds is 5. The van der Waals surface area contributed by atoms with E-state index in [-0.39, 0.29) is 25.5 Å². The molecule has 6 heteroatoms. The summed E-state index contributed by atoms with van der Waals surface area (Å²) in [5, 5.41) is 5.68. The van der Waals surface area contributed by atoms with Crippen molar-refractivity contribution in [3.8, 4) is 28.3 Å². The second-order valence-electron chi connectivity index (χ2n) is 18.0. The third-order valence-electron chi connectivity index (χ3n) is 10.3. The third-order valence-corrected chi connectivity index (χ3v) is 12.3. The van der Waals surface area contributed by atoms with Crippen LogP contribution in [0.3, 0.4) is 0 Å². The Morgan fingerprint density at radius 3 is 2.21 bits per heavy atom. The Morgan fingerprint density at radius 2 is 1.45 bits per heavy atom. The van der Waals surface area contributed by atoms with E-state index < -0.39 is 19.9 Å². The van der Waals surface area contributed by atoms with E-state index in [1.165, 1.54) is 16.3 Å². The van der Waals surface area contributed by atoms with Crippen molar-refractivity contribution in [1.82, 2.24) is 14.5 Å². The molecular weight excluding hydrogens is 903 g/mol. The van der Waals surface area contributed by atoms with Gasteiger partial charge in [0.05, 0.1) is 30.5 Å².